The maximum absolute atomic E-state index is 13.7. The summed E-state index contributed by atoms with van der Waals surface area (Å²) in [6, 6.07) is 6.65. The Morgan fingerprint density at radius 1 is 1.35 bits per heavy atom. The maximum atomic E-state index is 13.7. The lowest BCUT2D eigenvalue weighted by atomic mass is 10.3. The van der Waals surface area contributed by atoms with Gasteiger partial charge < -0.3 is 10.7 Å². The predicted octanol–water partition coefficient (Wildman–Crippen LogP) is 2.81. The molecule has 4 N–H and O–H groups in total. The second kappa shape index (κ2) is 5.68. The highest BCUT2D eigenvalue weighted by atomic mass is 35.5. The highest BCUT2D eigenvalue weighted by Gasteiger charge is 2.13. The average molecular weight is 298 g/mol. The van der Waals surface area contributed by atoms with Gasteiger partial charge in [0.25, 0.3) is 5.69 Å². The molecule has 0 radical (unpaired) electrons. The van der Waals surface area contributed by atoms with Gasteiger partial charge in [-0.2, -0.15) is 0 Å². The highest BCUT2D eigenvalue weighted by molar-refractivity contribution is 6.31. The van der Waals surface area contributed by atoms with E-state index in [-0.39, 0.29) is 28.0 Å². The molecule has 1 aromatic carbocycles. The van der Waals surface area contributed by atoms with Gasteiger partial charge in [0.1, 0.15) is 11.6 Å². The molecular formula is C11H9ClFN5O2. The first kappa shape index (κ1) is 14.0. The first-order chi connectivity index (χ1) is 9.51. The summed E-state index contributed by atoms with van der Waals surface area (Å²) in [6.45, 7) is 0. The van der Waals surface area contributed by atoms with E-state index in [0.29, 0.717) is 0 Å². The number of nitrogen functional groups attached to an aromatic ring is 1. The van der Waals surface area contributed by atoms with E-state index in [1.54, 1.807) is 0 Å². The summed E-state index contributed by atoms with van der Waals surface area (Å²) in [5.74, 6) is 4.64. The van der Waals surface area contributed by atoms with Gasteiger partial charge in [-0.1, -0.05) is 17.7 Å². The SMILES string of the molecule is NNc1cc([N+](=O)[O-])cc(Nc2cccc(Cl)c2F)n1. The van der Waals surface area contributed by atoms with Crippen LogP contribution < -0.4 is 16.6 Å². The molecule has 0 atom stereocenters. The fourth-order valence-corrected chi connectivity index (χ4v) is 1.67. The quantitative estimate of drug-likeness (QED) is 0.455. The van der Waals surface area contributed by atoms with Crippen LogP contribution in [0.2, 0.25) is 5.02 Å². The Morgan fingerprint density at radius 2 is 2.05 bits per heavy atom. The highest BCUT2D eigenvalue weighted by Crippen LogP contribution is 2.27. The van der Waals surface area contributed by atoms with Crippen molar-refractivity contribution in [3.05, 3.63) is 51.3 Å². The van der Waals surface area contributed by atoms with Crippen molar-refractivity contribution in [2.24, 2.45) is 5.84 Å². The van der Waals surface area contributed by atoms with E-state index in [0.717, 1.165) is 12.1 Å². The molecule has 0 bridgehead atoms. The van der Waals surface area contributed by atoms with Gasteiger partial charge in [0.15, 0.2) is 5.82 Å². The molecule has 1 aromatic heterocycles. The van der Waals surface area contributed by atoms with E-state index >= 15 is 0 Å². The molecule has 0 aliphatic carbocycles. The fraction of sp³-hybridized carbons (Fsp3) is 0. The summed E-state index contributed by atoms with van der Waals surface area (Å²) in [5.41, 5.74) is 2.01. The number of nitrogens with one attached hydrogen (secondary N) is 2. The Balaban J connectivity index is 2.40. The number of nitrogens with two attached hydrogens (primary N) is 1. The van der Waals surface area contributed by atoms with Crippen molar-refractivity contribution in [1.82, 2.24) is 4.98 Å². The second-order valence-electron chi connectivity index (χ2n) is 3.72. The van der Waals surface area contributed by atoms with Crippen molar-refractivity contribution < 1.29 is 9.31 Å². The molecule has 0 aliphatic heterocycles. The molecule has 0 fully saturated rings. The summed E-state index contributed by atoms with van der Waals surface area (Å²) < 4.78 is 13.7. The van der Waals surface area contributed by atoms with Crippen molar-refractivity contribution in [2.45, 2.75) is 0 Å². The second-order valence-corrected chi connectivity index (χ2v) is 4.13. The van der Waals surface area contributed by atoms with Crippen LogP contribution in [-0.2, 0) is 0 Å². The van der Waals surface area contributed by atoms with Crippen molar-refractivity contribution in [3.8, 4) is 0 Å². The lowest BCUT2D eigenvalue weighted by Gasteiger charge is -2.09. The van der Waals surface area contributed by atoms with Gasteiger partial charge in [-0.3, -0.25) is 10.1 Å². The van der Waals surface area contributed by atoms with E-state index < -0.39 is 10.7 Å². The number of rotatable bonds is 4. The number of nitro groups is 1. The van der Waals surface area contributed by atoms with E-state index in [1.807, 2.05) is 0 Å². The number of anilines is 3. The van der Waals surface area contributed by atoms with Crippen LogP contribution in [0.4, 0.5) is 27.4 Å². The zero-order chi connectivity index (χ0) is 14.7. The van der Waals surface area contributed by atoms with E-state index in [4.69, 9.17) is 17.4 Å². The number of benzene rings is 1. The third-order valence-corrected chi connectivity index (χ3v) is 2.68. The minimum absolute atomic E-state index is 0.0495. The first-order valence-electron chi connectivity index (χ1n) is 5.35. The lowest BCUT2D eigenvalue weighted by Crippen LogP contribution is -2.10. The van der Waals surface area contributed by atoms with Crippen LogP contribution in [0, 0.1) is 15.9 Å². The van der Waals surface area contributed by atoms with Gasteiger partial charge in [-0.15, -0.1) is 0 Å². The summed E-state index contributed by atoms with van der Waals surface area (Å²) >= 11 is 5.64. The lowest BCUT2D eigenvalue weighted by molar-refractivity contribution is -0.384. The summed E-state index contributed by atoms with van der Waals surface area (Å²) in [5, 5.41) is 13.3. The van der Waals surface area contributed by atoms with Gasteiger partial charge in [-0.05, 0) is 12.1 Å². The third kappa shape index (κ3) is 2.92. The van der Waals surface area contributed by atoms with Crippen molar-refractivity contribution in [3.63, 3.8) is 0 Å². The van der Waals surface area contributed by atoms with Gasteiger partial charge in [0.05, 0.1) is 27.8 Å². The normalized spacial score (nSPS) is 10.2. The average Bonchev–Trinajstić information content (AvgIpc) is 2.43. The van der Waals surface area contributed by atoms with Gasteiger partial charge in [0, 0.05) is 0 Å². The number of pyridine rings is 1. The maximum Gasteiger partial charge on any atom is 0.276 e. The number of nitrogens with zero attached hydrogens (tertiary/aromatic N) is 2. The molecule has 0 aliphatic rings. The first-order valence-corrected chi connectivity index (χ1v) is 5.73. The largest absolute Gasteiger partial charge is 0.338 e. The summed E-state index contributed by atoms with van der Waals surface area (Å²) in [7, 11) is 0. The molecule has 20 heavy (non-hydrogen) atoms. The van der Waals surface area contributed by atoms with Crippen LogP contribution in [-0.4, -0.2) is 9.91 Å². The van der Waals surface area contributed by atoms with Crippen LogP contribution in [0.15, 0.2) is 30.3 Å². The Labute approximate surface area is 117 Å². The molecule has 0 saturated carbocycles. The molecule has 1 heterocycles. The molecule has 0 amide bonds. The molecule has 9 heteroatoms. The van der Waals surface area contributed by atoms with Crippen molar-refractivity contribution >= 4 is 34.6 Å². The van der Waals surface area contributed by atoms with Crippen LogP contribution in [0.1, 0.15) is 0 Å². The Morgan fingerprint density at radius 3 is 2.70 bits per heavy atom. The van der Waals surface area contributed by atoms with Crippen LogP contribution in [0.3, 0.4) is 0 Å². The zero-order valence-corrected chi connectivity index (χ0v) is 10.7. The summed E-state index contributed by atoms with van der Waals surface area (Å²) in [6.07, 6.45) is 0. The Kier molecular flexibility index (Phi) is 3.97. The van der Waals surface area contributed by atoms with Crippen molar-refractivity contribution in [2.75, 3.05) is 10.7 Å². The molecule has 0 saturated heterocycles. The number of hydrogen-bond acceptors (Lipinski definition) is 6. The smallest absolute Gasteiger partial charge is 0.276 e. The van der Waals surface area contributed by atoms with Gasteiger partial charge >= 0.3 is 0 Å². The van der Waals surface area contributed by atoms with Crippen molar-refractivity contribution in [1.29, 1.82) is 0 Å². The molecule has 0 spiro atoms. The van der Waals surface area contributed by atoms with E-state index in [9.17, 15) is 14.5 Å². The third-order valence-electron chi connectivity index (χ3n) is 2.38. The standard InChI is InChI=1S/C11H9ClFN5O2/c12-7-2-1-3-8(11(7)13)15-9-4-6(18(19)20)5-10(16-9)17-14/h1-5H,14H2,(H2,15,16,17). The zero-order valence-electron chi connectivity index (χ0n) is 9.93. The molecule has 2 rings (SSSR count). The van der Waals surface area contributed by atoms with Crippen LogP contribution in [0.25, 0.3) is 0 Å². The van der Waals surface area contributed by atoms with Gasteiger partial charge in [-0.25, -0.2) is 15.2 Å². The topological polar surface area (TPSA) is 106 Å². The minimum Gasteiger partial charge on any atom is -0.338 e. The molecule has 7 nitrogen and oxygen atoms in total. The number of aromatic nitrogens is 1. The number of hydrazine groups is 1. The number of hydrogen-bond donors (Lipinski definition) is 3. The monoisotopic (exact) mass is 297 g/mol. The summed E-state index contributed by atoms with van der Waals surface area (Å²) in [4.78, 5) is 14.1. The van der Waals surface area contributed by atoms with E-state index in [1.165, 1.54) is 18.2 Å². The van der Waals surface area contributed by atoms with Crippen LogP contribution >= 0.6 is 11.6 Å². The Bertz CT molecular complexity index is 667. The van der Waals surface area contributed by atoms with Crippen LogP contribution in [0.5, 0.6) is 0 Å². The van der Waals surface area contributed by atoms with Gasteiger partial charge in [0.2, 0.25) is 0 Å². The molecule has 0 unspecified atom stereocenters. The fourth-order valence-electron chi connectivity index (χ4n) is 1.50. The molecular weight excluding hydrogens is 289 g/mol. The number of halogens is 2. The Hall–Kier alpha value is -2.45. The minimum atomic E-state index is -0.676. The molecule has 2 aromatic rings. The predicted molar refractivity (Wildman–Crippen MR) is 73.4 cm³/mol. The van der Waals surface area contributed by atoms with E-state index in [2.05, 4.69) is 15.7 Å². The molecule has 104 valence electrons.